The van der Waals surface area contributed by atoms with Gasteiger partial charge < -0.3 is 10.1 Å². The van der Waals surface area contributed by atoms with Crippen LogP contribution in [0.25, 0.3) is 22.0 Å². The van der Waals surface area contributed by atoms with E-state index in [0.29, 0.717) is 12.3 Å². The van der Waals surface area contributed by atoms with E-state index in [-0.39, 0.29) is 12.5 Å². The molecule has 0 aliphatic carbocycles. The predicted octanol–water partition coefficient (Wildman–Crippen LogP) is 4.69. The first kappa shape index (κ1) is 18.3. The van der Waals surface area contributed by atoms with Crippen molar-refractivity contribution in [3.05, 3.63) is 83.0 Å². The molecule has 140 valence electrons. The average Bonchev–Trinajstić information content (AvgIpc) is 3.27. The van der Waals surface area contributed by atoms with Crippen LogP contribution in [0.15, 0.2) is 77.4 Å². The number of aromatic amines is 1. The van der Waals surface area contributed by atoms with Gasteiger partial charge in [0.2, 0.25) is 0 Å². The van der Waals surface area contributed by atoms with Gasteiger partial charge in [0.15, 0.2) is 6.61 Å². The first-order chi connectivity index (χ1) is 13.7. The second-order valence-corrected chi connectivity index (χ2v) is 7.12. The largest absolute Gasteiger partial charge is 0.483 e. The molecule has 0 bridgehead atoms. The number of carbonyl (C=O) groups excluding carboxylic acids is 1. The molecule has 0 saturated heterocycles. The first-order valence-electron chi connectivity index (χ1n) is 8.86. The second-order valence-electron chi connectivity index (χ2n) is 6.33. The Bertz CT molecular complexity index is 1090. The van der Waals surface area contributed by atoms with E-state index in [1.807, 2.05) is 66.7 Å². The third kappa shape index (κ3) is 4.07. The molecule has 0 fully saturated rings. The van der Waals surface area contributed by atoms with Gasteiger partial charge in [-0.2, -0.15) is 5.10 Å². The van der Waals surface area contributed by atoms with Gasteiger partial charge in [-0.1, -0.05) is 54.6 Å². The lowest BCUT2D eigenvalue weighted by molar-refractivity contribution is -0.123. The van der Waals surface area contributed by atoms with Crippen LogP contribution < -0.4 is 10.1 Å². The fourth-order valence-corrected chi connectivity index (χ4v) is 3.55. The van der Waals surface area contributed by atoms with Gasteiger partial charge in [-0.3, -0.25) is 9.89 Å². The first-order valence-corrected chi connectivity index (χ1v) is 9.65. The van der Waals surface area contributed by atoms with Crippen LogP contribution in [0.2, 0.25) is 0 Å². The van der Waals surface area contributed by atoms with E-state index in [9.17, 15) is 4.79 Å². The van der Waals surface area contributed by atoms with Gasteiger partial charge >= 0.3 is 0 Å². The number of amides is 1. The molecular weight excluding hydrogens is 418 g/mol. The number of nitrogens with zero attached hydrogens (tertiary/aromatic N) is 1. The van der Waals surface area contributed by atoms with E-state index >= 15 is 0 Å². The summed E-state index contributed by atoms with van der Waals surface area (Å²) in [6.45, 7) is 0.410. The summed E-state index contributed by atoms with van der Waals surface area (Å²) in [4.78, 5) is 12.2. The van der Waals surface area contributed by atoms with Gasteiger partial charge in [0.25, 0.3) is 5.91 Å². The van der Waals surface area contributed by atoms with Gasteiger partial charge in [-0.25, -0.2) is 0 Å². The summed E-state index contributed by atoms with van der Waals surface area (Å²) >= 11 is 3.57. The summed E-state index contributed by atoms with van der Waals surface area (Å²) in [6, 6.07) is 21.7. The highest BCUT2D eigenvalue weighted by molar-refractivity contribution is 9.10. The van der Waals surface area contributed by atoms with Gasteiger partial charge in [0.1, 0.15) is 5.75 Å². The molecule has 1 heterocycles. The number of rotatable bonds is 6. The molecule has 5 nitrogen and oxygen atoms in total. The van der Waals surface area contributed by atoms with Crippen LogP contribution >= 0.6 is 15.9 Å². The lowest BCUT2D eigenvalue weighted by Gasteiger charge is -2.11. The second kappa shape index (κ2) is 8.27. The van der Waals surface area contributed by atoms with Crippen molar-refractivity contribution in [3.8, 4) is 17.0 Å². The molecule has 0 saturated carbocycles. The van der Waals surface area contributed by atoms with Crippen molar-refractivity contribution in [2.75, 3.05) is 6.61 Å². The van der Waals surface area contributed by atoms with Crippen molar-refractivity contribution in [1.82, 2.24) is 15.5 Å². The topological polar surface area (TPSA) is 67.0 Å². The number of nitrogens with one attached hydrogen (secondary N) is 2. The molecule has 1 aromatic heterocycles. The van der Waals surface area contributed by atoms with Crippen molar-refractivity contribution < 1.29 is 9.53 Å². The smallest absolute Gasteiger partial charge is 0.258 e. The lowest BCUT2D eigenvalue weighted by atomic mass is 10.1. The van der Waals surface area contributed by atoms with Crippen LogP contribution in [0.5, 0.6) is 5.75 Å². The zero-order valence-electron chi connectivity index (χ0n) is 15.0. The number of carbonyl (C=O) groups is 1. The van der Waals surface area contributed by atoms with E-state index in [4.69, 9.17) is 4.74 Å². The number of ether oxygens (including phenoxy) is 1. The number of fused-ring (bicyclic) bond motifs is 1. The SMILES string of the molecule is O=C(COc1ccc2ccccc2c1Br)NCc1ccc(-c2ccn[nH]2)cc1. The lowest BCUT2D eigenvalue weighted by Crippen LogP contribution is -2.28. The van der Waals surface area contributed by atoms with Gasteiger partial charge in [-0.05, 0) is 50.0 Å². The minimum absolute atomic E-state index is 0.0385. The fraction of sp³-hybridized carbons (Fsp3) is 0.0909. The molecule has 0 unspecified atom stereocenters. The molecule has 0 aliphatic heterocycles. The summed E-state index contributed by atoms with van der Waals surface area (Å²) in [7, 11) is 0. The Morgan fingerprint density at radius 3 is 2.64 bits per heavy atom. The van der Waals surface area contributed by atoms with Crippen LogP contribution in [-0.2, 0) is 11.3 Å². The molecule has 0 spiro atoms. The molecule has 0 aliphatic rings. The molecule has 4 rings (SSSR count). The molecule has 3 aromatic carbocycles. The maximum atomic E-state index is 12.2. The predicted molar refractivity (Wildman–Crippen MR) is 113 cm³/mol. The van der Waals surface area contributed by atoms with Gasteiger partial charge in [0, 0.05) is 12.7 Å². The summed E-state index contributed by atoms with van der Waals surface area (Å²) in [5.74, 6) is 0.482. The zero-order chi connectivity index (χ0) is 19.3. The van der Waals surface area contributed by atoms with Crippen molar-refractivity contribution in [2.45, 2.75) is 6.54 Å². The average molecular weight is 436 g/mol. The van der Waals surface area contributed by atoms with E-state index in [2.05, 4.69) is 31.4 Å². The zero-order valence-corrected chi connectivity index (χ0v) is 16.6. The van der Waals surface area contributed by atoms with Crippen LogP contribution in [-0.4, -0.2) is 22.7 Å². The minimum Gasteiger partial charge on any atom is -0.483 e. The maximum Gasteiger partial charge on any atom is 0.258 e. The Morgan fingerprint density at radius 1 is 1.04 bits per heavy atom. The standard InChI is InChI=1S/C22H18BrN3O2/c23-22-18-4-2-1-3-16(18)9-10-20(22)28-14-21(27)24-13-15-5-7-17(8-6-15)19-11-12-25-26-19/h1-12H,13-14H2,(H,24,27)(H,25,26). The molecule has 1 amide bonds. The third-order valence-corrected chi connectivity index (χ3v) is 5.26. The number of H-pyrrole nitrogens is 1. The van der Waals surface area contributed by atoms with Gasteiger partial charge in [-0.15, -0.1) is 0 Å². The highest BCUT2D eigenvalue weighted by atomic mass is 79.9. The van der Waals surface area contributed by atoms with Crippen molar-refractivity contribution in [3.63, 3.8) is 0 Å². The molecule has 4 aromatic rings. The van der Waals surface area contributed by atoms with E-state index in [1.54, 1.807) is 6.20 Å². The normalized spacial score (nSPS) is 10.8. The van der Waals surface area contributed by atoms with Crippen molar-refractivity contribution >= 4 is 32.6 Å². The monoisotopic (exact) mass is 435 g/mol. The number of halogens is 1. The summed E-state index contributed by atoms with van der Waals surface area (Å²) in [6.07, 6.45) is 1.72. The molecule has 2 N–H and O–H groups in total. The fourth-order valence-electron chi connectivity index (χ4n) is 2.94. The van der Waals surface area contributed by atoms with Crippen molar-refractivity contribution in [1.29, 1.82) is 0 Å². The van der Waals surface area contributed by atoms with Crippen molar-refractivity contribution in [2.24, 2.45) is 0 Å². The molecule has 0 radical (unpaired) electrons. The Labute approximate surface area is 170 Å². The molecule has 0 atom stereocenters. The van der Waals surface area contributed by atoms with Crippen LogP contribution in [0, 0.1) is 0 Å². The van der Waals surface area contributed by atoms with E-state index in [1.165, 1.54) is 0 Å². The molecule has 28 heavy (non-hydrogen) atoms. The number of hydrogen-bond donors (Lipinski definition) is 2. The Hall–Kier alpha value is -3.12. The maximum absolute atomic E-state index is 12.2. The number of hydrogen-bond acceptors (Lipinski definition) is 3. The number of aromatic nitrogens is 2. The quantitative estimate of drug-likeness (QED) is 0.461. The van der Waals surface area contributed by atoms with Crippen LogP contribution in [0.3, 0.4) is 0 Å². The Morgan fingerprint density at radius 2 is 1.86 bits per heavy atom. The molecular formula is C22H18BrN3O2. The highest BCUT2D eigenvalue weighted by Crippen LogP contribution is 2.32. The van der Waals surface area contributed by atoms with Crippen LogP contribution in [0.1, 0.15) is 5.56 Å². The Balaban J connectivity index is 1.32. The minimum atomic E-state index is -0.169. The highest BCUT2D eigenvalue weighted by Gasteiger charge is 2.09. The third-order valence-electron chi connectivity index (χ3n) is 4.44. The molecule has 6 heteroatoms. The number of benzene rings is 3. The van der Waals surface area contributed by atoms with Gasteiger partial charge in [0.05, 0.1) is 10.2 Å². The van der Waals surface area contributed by atoms with Crippen LogP contribution in [0.4, 0.5) is 0 Å². The Kier molecular flexibility index (Phi) is 5.39. The van der Waals surface area contributed by atoms with E-state index < -0.39 is 0 Å². The van der Waals surface area contributed by atoms with E-state index in [0.717, 1.165) is 32.1 Å². The summed E-state index contributed by atoms with van der Waals surface area (Å²) < 4.78 is 6.55. The summed E-state index contributed by atoms with van der Waals surface area (Å²) in [5, 5.41) is 11.9. The summed E-state index contributed by atoms with van der Waals surface area (Å²) in [5.41, 5.74) is 3.03.